The minimum absolute atomic E-state index is 0. The Kier molecular flexibility index (Phi) is 9.85. The number of hydrogen-bond donors (Lipinski definition) is 1. The molecule has 0 aliphatic carbocycles. The summed E-state index contributed by atoms with van der Waals surface area (Å²) in [7, 11) is 3.88. The van der Waals surface area contributed by atoms with Crippen molar-refractivity contribution in [1.82, 2.24) is 10.2 Å². The lowest BCUT2D eigenvalue weighted by molar-refractivity contribution is -0.119. The van der Waals surface area contributed by atoms with Gasteiger partial charge in [0.05, 0.1) is 0 Å². The van der Waals surface area contributed by atoms with Gasteiger partial charge in [-0.25, -0.2) is 0 Å². The molecule has 25 heavy (non-hydrogen) atoms. The third-order valence-electron chi connectivity index (χ3n) is 4.44. The maximum atomic E-state index is 12.0. The largest absolute Gasteiger partial charge is 0.352 e. The molecule has 140 valence electrons. The number of anilines is 1. The molecule has 1 aliphatic heterocycles. The van der Waals surface area contributed by atoms with Gasteiger partial charge in [-0.1, -0.05) is 25.5 Å². The fourth-order valence-electron chi connectivity index (χ4n) is 2.94. The molecule has 5 nitrogen and oxygen atoms in total. The zero-order valence-electron chi connectivity index (χ0n) is 15.6. The zero-order valence-corrected chi connectivity index (χ0v) is 18.0. The summed E-state index contributed by atoms with van der Waals surface area (Å²) in [5, 5.41) is 3.40. The van der Waals surface area contributed by atoms with Crippen LogP contribution in [-0.4, -0.2) is 44.0 Å². The first kappa shape index (κ1) is 21.7. The predicted octanol–water partition coefficient (Wildman–Crippen LogP) is 3.63. The van der Waals surface area contributed by atoms with E-state index in [0.717, 1.165) is 50.5 Å². The fourth-order valence-corrected chi connectivity index (χ4v) is 2.94. The van der Waals surface area contributed by atoms with Gasteiger partial charge in [0.1, 0.15) is 0 Å². The number of nitrogens with zero attached hydrogens (tertiary/aromatic N) is 3. The molecule has 1 heterocycles. The minimum atomic E-state index is 0. The summed E-state index contributed by atoms with van der Waals surface area (Å²) in [5.74, 6) is 1.16. The summed E-state index contributed by atoms with van der Waals surface area (Å²) in [5.41, 5.74) is 2.20. The highest BCUT2D eigenvalue weighted by Crippen LogP contribution is 2.21. The van der Waals surface area contributed by atoms with Crippen molar-refractivity contribution in [2.75, 3.05) is 32.1 Å². The summed E-state index contributed by atoms with van der Waals surface area (Å²) >= 11 is 0. The SMILES string of the molecule is CCCCN(C)C(=NC)NCc1ccc(N2CCCCC2=O)cc1.I. The van der Waals surface area contributed by atoms with Gasteiger partial charge in [-0.3, -0.25) is 9.79 Å². The summed E-state index contributed by atoms with van der Waals surface area (Å²) in [6.45, 7) is 4.77. The highest BCUT2D eigenvalue weighted by Gasteiger charge is 2.19. The number of unbranched alkanes of at least 4 members (excludes halogenated alkanes) is 1. The summed E-state index contributed by atoms with van der Waals surface area (Å²) in [4.78, 5) is 20.4. The number of carbonyl (C=O) groups excluding carboxylic acids is 1. The van der Waals surface area contributed by atoms with Crippen molar-refractivity contribution in [3.8, 4) is 0 Å². The topological polar surface area (TPSA) is 47.9 Å². The van der Waals surface area contributed by atoms with Gasteiger partial charge in [-0.05, 0) is 37.0 Å². The van der Waals surface area contributed by atoms with Crippen LogP contribution in [0.5, 0.6) is 0 Å². The molecule has 6 heteroatoms. The van der Waals surface area contributed by atoms with Gasteiger partial charge in [0, 0.05) is 45.8 Å². The van der Waals surface area contributed by atoms with Crippen LogP contribution in [0.4, 0.5) is 5.69 Å². The van der Waals surface area contributed by atoms with Gasteiger partial charge in [-0.2, -0.15) is 0 Å². The van der Waals surface area contributed by atoms with E-state index in [1.54, 1.807) is 0 Å². The summed E-state index contributed by atoms with van der Waals surface area (Å²) in [6.07, 6.45) is 5.12. The highest BCUT2D eigenvalue weighted by molar-refractivity contribution is 14.0. The van der Waals surface area contributed by atoms with Crippen LogP contribution in [0.1, 0.15) is 44.6 Å². The third-order valence-corrected chi connectivity index (χ3v) is 4.44. The Bertz CT molecular complexity index is 559. The number of piperidine rings is 1. The quantitative estimate of drug-likeness (QED) is 0.403. The lowest BCUT2D eigenvalue weighted by Gasteiger charge is -2.27. The molecular formula is C19H31IN4O. The van der Waals surface area contributed by atoms with Crippen LogP contribution in [0.25, 0.3) is 0 Å². The van der Waals surface area contributed by atoms with E-state index in [0.29, 0.717) is 6.42 Å². The maximum absolute atomic E-state index is 12.0. The van der Waals surface area contributed by atoms with Crippen molar-refractivity contribution in [3.63, 3.8) is 0 Å². The van der Waals surface area contributed by atoms with Crippen molar-refractivity contribution in [3.05, 3.63) is 29.8 Å². The molecule has 1 N–H and O–H groups in total. The molecule has 2 rings (SSSR count). The fraction of sp³-hybridized carbons (Fsp3) is 0.579. The molecule has 0 saturated carbocycles. The molecular weight excluding hydrogens is 427 g/mol. The van der Waals surface area contributed by atoms with Crippen LogP contribution in [0, 0.1) is 0 Å². The van der Waals surface area contributed by atoms with E-state index in [-0.39, 0.29) is 29.9 Å². The number of rotatable bonds is 6. The third kappa shape index (κ3) is 6.49. The summed E-state index contributed by atoms with van der Waals surface area (Å²) < 4.78 is 0. The van der Waals surface area contributed by atoms with Crippen LogP contribution < -0.4 is 10.2 Å². The number of nitrogens with one attached hydrogen (secondary N) is 1. The Morgan fingerprint density at radius 1 is 1.28 bits per heavy atom. The van der Waals surface area contributed by atoms with E-state index < -0.39 is 0 Å². The molecule has 0 radical (unpaired) electrons. The molecule has 1 aliphatic rings. The lowest BCUT2D eigenvalue weighted by atomic mass is 10.1. The van der Waals surface area contributed by atoms with Crippen molar-refractivity contribution < 1.29 is 4.79 Å². The molecule has 0 atom stereocenters. The van der Waals surface area contributed by atoms with Crippen LogP contribution >= 0.6 is 24.0 Å². The number of halogens is 1. The molecule has 1 aromatic rings. The Morgan fingerprint density at radius 3 is 2.60 bits per heavy atom. The predicted molar refractivity (Wildman–Crippen MR) is 116 cm³/mol. The van der Waals surface area contributed by atoms with Crippen molar-refractivity contribution >= 4 is 41.5 Å². The maximum Gasteiger partial charge on any atom is 0.226 e. The van der Waals surface area contributed by atoms with Gasteiger partial charge in [0.25, 0.3) is 0 Å². The normalized spacial score (nSPS) is 14.9. The van der Waals surface area contributed by atoms with Crippen LogP contribution in [0.3, 0.4) is 0 Å². The van der Waals surface area contributed by atoms with Crippen LogP contribution in [0.15, 0.2) is 29.3 Å². The second-order valence-electron chi connectivity index (χ2n) is 6.34. The first-order valence-corrected chi connectivity index (χ1v) is 8.96. The van der Waals surface area contributed by atoms with Crippen molar-refractivity contribution in [1.29, 1.82) is 0 Å². The molecule has 1 saturated heterocycles. The zero-order chi connectivity index (χ0) is 17.4. The standard InChI is InChI=1S/C19H30N4O.HI/c1-4-5-13-22(3)19(20-2)21-15-16-9-11-17(12-10-16)23-14-7-6-8-18(23)24;/h9-12H,4-8,13-15H2,1-3H3,(H,20,21);1H. The number of carbonyl (C=O) groups is 1. The average molecular weight is 458 g/mol. The molecule has 1 aromatic carbocycles. The van der Waals surface area contributed by atoms with E-state index in [4.69, 9.17) is 0 Å². The lowest BCUT2D eigenvalue weighted by Crippen LogP contribution is -2.39. The highest BCUT2D eigenvalue weighted by atomic mass is 127. The van der Waals surface area contributed by atoms with Crippen molar-refractivity contribution in [2.24, 2.45) is 4.99 Å². The van der Waals surface area contributed by atoms with E-state index in [2.05, 4.69) is 41.3 Å². The van der Waals surface area contributed by atoms with E-state index in [1.165, 1.54) is 12.0 Å². The Labute approximate surface area is 168 Å². The monoisotopic (exact) mass is 458 g/mol. The number of guanidine groups is 1. The molecule has 0 aromatic heterocycles. The number of hydrogen-bond acceptors (Lipinski definition) is 2. The van der Waals surface area contributed by atoms with Gasteiger partial charge in [-0.15, -0.1) is 24.0 Å². The first-order chi connectivity index (χ1) is 11.7. The summed E-state index contributed by atoms with van der Waals surface area (Å²) in [6, 6.07) is 8.26. The average Bonchev–Trinajstić information content (AvgIpc) is 2.61. The van der Waals surface area contributed by atoms with E-state index in [9.17, 15) is 4.79 Å². The van der Waals surface area contributed by atoms with Crippen molar-refractivity contribution in [2.45, 2.75) is 45.6 Å². The molecule has 0 bridgehead atoms. The van der Waals surface area contributed by atoms with Gasteiger partial charge >= 0.3 is 0 Å². The number of aliphatic imine (C=N–C) groups is 1. The molecule has 1 amide bonds. The second kappa shape index (κ2) is 11.3. The minimum Gasteiger partial charge on any atom is -0.352 e. The number of benzene rings is 1. The smallest absolute Gasteiger partial charge is 0.226 e. The molecule has 1 fully saturated rings. The molecule has 0 unspecified atom stereocenters. The first-order valence-electron chi connectivity index (χ1n) is 8.96. The Balaban J connectivity index is 0.00000312. The Morgan fingerprint density at radius 2 is 2.00 bits per heavy atom. The van der Waals surface area contributed by atoms with Gasteiger partial charge in [0.2, 0.25) is 5.91 Å². The Hall–Kier alpha value is -1.31. The number of amides is 1. The van der Waals surface area contributed by atoms with E-state index in [1.807, 2.05) is 24.1 Å². The van der Waals surface area contributed by atoms with Gasteiger partial charge in [0.15, 0.2) is 5.96 Å². The molecule has 0 spiro atoms. The van der Waals surface area contributed by atoms with Gasteiger partial charge < -0.3 is 15.1 Å². The van der Waals surface area contributed by atoms with Crippen LogP contribution in [-0.2, 0) is 11.3 Å². The van der Waals surface area contributed by atoms with Crippen LogP contribution in [0.2, 0.25) is 0 Å². The van der Waals surface area contributed by atoms with E-state index >= 15 is 0 Å². The second-order valence-corrected chi connectivity index (χ2v) is 6.34.